The Labute approximate surface area is 249 Å². The molecule has 1 aromatic carbocycles. The van der Waals surface area contributed by atoms with E-state index in [0.717, 1.165) is 63.3 Å². The number of benzene rings is 1. The summed E-state index contributed by atoms with van der Waals surface area (Å²) in [5, 5.41) is 9.55. The minimum absolute atomic E-state index is 0.122. The molecule has 3 aliphatic heterocycles. The number of hydrogen-bond acceptors (Lipinski definition) is 8. The van der Waals surface area contributed by atoms with Crippen molar-refractivity contribution < 1.29 is 9.53 Å². The van der Waals surface area contributed by atoms with Crippen LogP contribution in [0, 0.1) is 11.3 Å². The molecule has 9 nitrogen and oxygen atoms in total. The molecule has 1 aliphatic carbocycles. The number of carbonyl (C=O) groups is 1. The van der Waals surface area contributed by atoms with Gasteiger partial charge in [-0.3, -0.25) is 4.79 Å². The van der Waals surface area contributed by atoms with Gasteiger partial charge in [0.2, 0.25) is 5.91 Å². The Morgan fingerprint density at radius 3 is 2.71 bits per heavy atom. The van der Waals surface area contributed by atoms with Gasteiger partial charge in [0, 0.05) is 43.5 Å². The van der Waals surface area contributed by atoms with Gasteiger partial charge in [0.1, 0.15) is 12.4 Å². The molecule has 222 valence electrons. The lowest BCUT2D eigenvalue weighted by Crippen LogP contribution is -2.55. The van der Waals surface area contributed by atoms with Crippen molar-refractivity contribution in [2.75, 3.05) is 56.2 Å². The third-order valence-electron chi connectivity index (χ3n) is 9.60. The predicted octanol–water partition coefficient (Wildman–Crippen LogP) is 3.90. The second kappa shape index (κ2) is 12.7. The highest BCUT2D eigenvalue weighted by Crippen LogP contribution is 2.35. The van der Waals surface area contributed by atoms with Crippen LogP contribution in [0.4, 0.5) is 11.5 Å². The Kier molecular flexibility index (Phi) is 8.61. The molecule has 0 saturated carbocycles. The number of aromatic nitrogens is 2. The number of ether oxygens (including phenoxy) is 1. The number of nitrogens with zero attached hydrogens (tertiary/aromatic N) is 7. The van der Waals surface area contributed by atoms with Crippen LogP contribution in [0.25, 0.3) is 0 Å². The Balaban J connectivity index is 1.33. The summed E-state index contributed by atoms with van der Waals surface area (Å²) in [6.45, 7) is 8.75. The molecule has 2 atom stereocenters. The van der Waals surface area contributed by atoms with Crippen molar-refractivity contribution in [1.82, 2.24) is 19.8 Å². The lowest BCUT2D eigenvalue weighted by Gasteiger charge is -2.41. The minimum Gasteiger partial charge on any atom is -0.462 e. The molecule has 0 bridgehead atoms. The van der Waals surface area contributed by atoms with Gasteiger partial charge in [0.05, 0.1) is 30.8 Å². The highest BCUT2D eigenvalue weighted by Gasteiger charge is 2.33. The molecular formula is C33H43N7O2. The number of nitriles is 1. The summed E-state index contributed by atoms with van der Waals surface area (Å²) < 4.78 is 6.34. The third-order valence-corrected chi connectivity index (χ3v) is 9.60. The number of piperazine rings is 1. The number of anilines is 2. The van der Waals surface area contributed by atoms with Crippen molar-refractivity contribution in [1.29, 1.82) is 5.26 Å². The maximum absolute atomic E-state index is 12.6. The van der Waals surface area contributed by atoms with Crippen LogP contribution in [0.15, 0.2) is 30.9 Å². The number of likely N-dealkylation sites (tertiary alicyclic amines) is 1. The molecule has 2 aromatic rings. The highest BCUT2D eigenvalue weighted by molar-refractivity contribution is 5.87. The lowest BCUT2D eigenvalue weighted by atomic mass is 9.90. The maximum atomic E-state index is 12.6. The molecule has 2 fully saturated rings. The summed E-state index contributed by atoms with van der Waals surface area (Å²) in [7, 11) is 2.15. The van der Waals surface area contributed by atoms with E-state index in [1.165, 1.54) is 47.7 Å². The Hall–Kier alpha value is -3.64. The van der Waals surface area contributed by atoms with E-state index in [9.17, 15) is 10.1 Å². The molecule has 9 heteroatoms. The van der Waals surface area contributed by atoms with Gasteiger partial charge < -0.3 is 24.3 Å². The van der Waals surface area contributed by atoms with E-state index in [2.05, 4.69) is 52.6 Å². The molecule has 42 heavy (non-hydrogen) atoms. The highest BCUT2D eigenvalue weighted by atomic mass is 16.5. The Morgan fingerprint density at radius 2 is 1.90 bits per heavy atom. The van der Waals surface area contributed by atoms with Gasteiger partial charge in [-0.2, -0.15) is 15.2 Å². The zero-order valence-electron chi connectivity index (χ0n) is 24.9. The average molecular weight is 570 g/mol. The van der Waals surface area contributed by atoms with Gasteiger partial charge in [0.25, 0.3) is 0 Å². The smallest absolute Gasteiger partial charge is 0.318 e. The minimum atomic E-state index is -0.213. The molecule has 6 rings (SSSR count). The standard InChI is InChI=1S/C33H43N7O2/c1-3-31(41)40-20-19-39(21-25(40)15-16-34)32-28-13-8-18-38(30-14-6-10-24-9-4-5-12-27(24)30)22-29(28)35-33(36-32)42-23-26-11-7-17-37(26)2/h3,6,10,14,25-26H,1,4-5,7-9,11-13,15,17-23H2,2H3/t25-,26-/m0/s1. The largest absolute Gasteiger partial charge is 0.462 e. The van der Waals surface area contributed by atoms with Gasteiger partial charge >= 0.3 is 6.01 Å². The van der Waals surface area contributed by atoms with Crippen molar-refractivity contribution in [3.8, 4) is 12.1 Å². The van der Waals surface area contributed by atoms with E-state index in [-0.39, 0.29) is 18.4 Å². The van der Waals surface area contributed by atoms with Crippen LogP contribution in [0.2, 0.25) is 0 Å². The van der Waals surface area contributed by atoms with Gasteiger partial charge in [0.15, 0.2) is 0 Å². The summed E-state index contributed by atoms with van der Waals surface area (Å²) in [6.07, 6.45) is 10.6. The third kappa shape index (κ3) is 5.82. The average Bonchev–Trinajstić information content (AvgIpc) is 3.31. The Bertz CT molecular complexity index is 1350. The molecule has 4 aliphatic rings. The fourth-order valence-corrected chi connectivity index (χ4v) is 7.27. The molecule has 0 unspecified atom stereocenters. The van der Waals surface area contributed by atoms with Crippen LogP contribution in [0.1, 0.15) is 60.9 Å². The SMILES string of the molecule is C=CC(=O)N1CCN(c2nc(OC[C@@H]3CCCN3C)nc3c2CCCN(c2cccc4c2CCCC4)C3)C[C@@H]1CC#N. The van der Waals surface area contributed by atoms with Gasteiger partial charge in [-0.1, -0.05) is 18.7 Å². The molecule has 0 radical (unpaired) electrons. The number of rotatable bonds is 7. The first-order valence-electron chi connectivity index (χ1n) is 15.7. The zero-order valence-corrected chi connectivity index (χ0v) is 24.9. The molecule has 1 amide bonds. The topological polar surface area (TPSA) is 88.8 Å². The monoisotopic (exact) mass is 569 g/mol. The van der Waals surface area contributed by atoms with Crippen molar-refractivity contribution >= 4 is 17.4 Å². The van der Waals surface area contributed by atoms with Crippen LogP contribution in [-0.2, 0) is 30.6 Å². The van der Waals surface area contributed by atoms with Gasteiger partial charge in [-0.25, -0.2) is 0 Å². The second-order valence-electron chi connectivity index (χ2n) is 12.2. The molecular weight excluding hydrogens is 526 g/mol. The number of aryl methyl sites for hydroxylation is 1. The van der Waals surface area contributed by atoms with E-state index in [4.69, 9.17) is 14.7 Å². The van der Waals surface area contributed by atoms with Crippen LogP contribution >= 0.6 is 0 Å². The number of fused-ring (bicyclic) bond motifs is 2. The number of carbonyl (C=O) groups excluding carboxylic acids is 1. The number of amides is 1. The molecule has 2 saturated heterocycles. The zero-order chi connectivity index (χ0) is 29.1. The van der Waals surface area contributed by atoms with E-state index in [1.807, 2.05) is 0 Å². The summed E-state index contributed by atoms with van der Waals surface area (Å²) in [5.74, 6) is 0.781. The molecule has 4 heterocycles. The lowest BCUT2D eigenvalue weighted by molar-refractivity contribution is -0.128. The van der Waals surface area contributed by atoms with Crippen molar-refractivity contribution in [3.63, 3.8) is 0 Å². The fourth-order valence-electron chi connectivity index (χ4n) is 7.27. The van der Waals surface area contributed by atoms with Crippen molar-refractivity contribution in [3.05, 3.63) is 53.2 Å². The van der Waals surface area contributed by atoms with Crippen LogP contribution in [0.5, 0.6) is 6.01 Å². The van der Waals surface area contributed by atoms with Gasteiger partial charge in [-0.05, 0) is 88.2 Å². The predicted molar refractivity (Wildman–Crippen MR) is 164 cm³/mol. The van der Waals surface area contributed by atoms with Crippen LogP contribution < -0.4 is 14.5 Å². The van der Waals surface area contributed by atoms with Crippen LogP contribution in [0.3, 0.4) is 0 Å². The normalized spacial score (nSPS) is 22.6. The second-order valence-corrected chi connectivity index (χ2v) is 12.2. The summed E-state index contributed by atoms with van der Waals surface area (Å²) in [4.78, 5) is 31.6. The quantitative estimate of drug-likeness (QED) is 0.464. The molecule has 0 N–H and O–H groups in total. The van der Waals surface area contributed by atoms with Gasteiger partial charge in [-0.15, -0.1) is 0 Å². The van der Waals surface area contributed by atoms with Crippen molar-refractivity contribution in [2.45, 2.75) is 76.4 Å². The summed E-state index contributed by atoms with van der Waals surface area (Å²) in [5.41, 5.74) is 6.55. The van der Waals surface area contributed by atoms with Crippen molar-refractivity contribution in [2.24, 2.45) is 0 Å². The number of hydrogen-bond donors (Lipinski definition) is 0. The van der Waals surface area contributed by atoms with E-state index in [0.29, 0.717) is 38.3 Å². The Morgan fingerprint density at radius 1 is 1.05 bits per heavy atom. The van der Waals surface area contributed by atoms with E-state index >= 15 is 0 Å². The summed E-state index contributed by atoms with van der Waals surface area (Å²) >= 11 is 0. The maximum Gasteiger partial charge on any atom is 0.318 e. The van der Waals surface area contributed by atoms with Crippen LogP contribution in [-0.4, -0.2) is 84.1 Å². The first kappa shape index (κ1) is 28.5. The van der Waals surface area contributed by atoms with E-state index in [1.54, 1.807) is 4.90 Å². The number of likely N-dealkylation sites (N-methyl/N-ethyl adjacent to an activating group) is 1. The summed E-state index contributed by atoms with van der Waals surface area (Å²) in [6, 6.07) is 9.67. The molecule has 1 aromatic heterocycles. The molecule has 0 spiro atoms. The first-order chi connectivity index (χ1) is 20.6. The fraction of sp³-hybridized carbons (Fsp3) is 0.576. The van der Waals surface area contributed by atoms with E-state index < -0.39 is 0 Å². The first-order valence-corrected chi connectivity index (χ1v) is 15.7.